The molecule has 1 aromatic carbocycles. The largest absolute Gasteiger partial charge is 0.494 e. The van der Waals surface area contributed by atoms with Crippen LogP contribution in [0.5, 0.6) is 11.5 Å². The lowest BCUT2D eigenvalue weighted by Gasteiger charge is -2.30. The first kappa shape index (κ1) is 26.2. The van der Waals surface area contributed by atoms with E-state index in [4.69, 9.17) is 21.1 Å². The molecular weight excluding hydrogens is 504 g/mol. The SMILES string of the molecule is COc1cccc(OC)c1-n1c(C[C@H]2C[C@H](Cl)C2)nnc1NS(=O)(=O)[C@@H](C)[C@H](C)c1ncc(C)cn1. The van der Waals surface area contributed by atoms with Gasteiger partial charge in [0.15, 0.2) is 0 Å². The second kappa shape index (κ2) is 10.6. The number of nitrogens with zero attached hydrogens (tertiary/aromatic N) is 5. The molecule has 0 saturated heterocycles. The third kappa shape index (κ3) is 5.27. The molecule has 4 rings (SSSR count). The van der Waals surface area contributed by atoms with Gasteiger partial charge in [-0.05, 0) is 50.3 Å². The van der Waals surface area contributed by atoms with E-state index in [0.29, 0.717) is 41.2 Å². The maximum atomic E-state index is 13.5. The third-order valence-electron chi connectivity index (χ3n) is 6.64. The summed E-state index contributed by atoms with van der Waals surface area (Å²) >= 11 is 6.19. The van der Waals surface area contributed by atoms with Gasteiger partial charge in [-0.15, -0.1) is 21.8 Å². The zero-order valence-corrected chi connectivity index (χ0v) is 22.5. The molecule has 3 aromatic rings. The number of hydrogen-bond donors (Lipinski definition) is 1. The van der Waals surface area contributed by atoms with E-state index in [1.165, 1.54) is 0 Å². The number of aromatic nitrogens is 5. The molecule has 0 spiro atoms. The smallest absolute Gasteiger partial charge is 0.243 e. The average molecular weight is 535 g/mol. The van der Waals surface area contributed by atoms with Crippen LogP contribution in [0.25, 0.3) is 5.69 Å². The number of nitrogens with one attached hydrogen (secondary N) is 1. The first-order valence-electron chi connectivity index (χ1n) is 11.7. The summed E-state index contributed by atoms with van der Waals surface area (Å²) in [5.41, 5.74) is 1.42. The molecule has 36 heavy (non-hydrogen) atoms. The van der Waals surface area contributed by atoms with Crippen molar-refractivity contribution >= 4 is 27.6 Å². The molecule has 2 aromatic heterocycles. The van der Waals surface area contributed by atoms with Crippen molar-refractivity contribution in [1.29, 1.82) is 0 Å². The number of sulfonamides is 1. The zero-order chi connectivity index (χ0) is 26.0. The van der Waals surface area contributed by atoms with Crippen LogP contribution in [0.15, 0.2) is 30.6 Å². The lowest BCUT2D eigenvalue weighted by Crippen LogP contribution is -2.32. The summed E-state index contributed by atoms with van der Waals surface area (Å²) in [5.74, 6) is 1.95. The van der Waals surface area contributed by atoms with E-state index < -0.39 is 21.2 Å². The minimum Gasteiger partial charge on any atom is -0.494 e. The molecule has 0 unspecified atom stereocenters. The van der Waals surface area contributed by atoms with Gasteiger partial charge in [-0.25, -0.2) is 18.4 Å². The fourth-order valence-electron chi connectivity index (χ4n) is 4.22. The van der Waals surface area contributed by atoms with Gasteiger partial charge in [0, 0.05) is 30.1 Å². The highest BCUT2D eigenvalue weighted by molar-refractivity contribution is 7.93. The number of hydrogen-bond acceptors (Lipinski definition) is 8. The number of halogens is 1. The number of anilines is 1. The molecule has 2 atom stereocenters. The molecule has 1 aliphatic carbocycles. The van der Waals surface area contributed by atoms with Gasteiger partial charge in [0.25, 0.3) is 0 Å². The van der Waals surface area contributed by atoms with E-state index >= 15 is 0 Å². The summed E-state index contributed by atoms with van der Waals surface area (Å²) in [4.78, 5) is 8.62. The predicted molar refractivity (Wildman–Crippen MR) is 138 cm³/mol. The van der Waals surface area contributed by atoms with Crippen LogP contribution in [0.4, 0.5) is 5.95 Å². The monoisotopic (exact) mass is 534 g/mol. The molecule has 12 heteroatoms. The molecule has 1 aliphatic rings. The van der Waals surface area contributed by atoms with Crippen molar-refractivity contribution < 1.29 is 17.9 Å². The van der Waals surface area contributed by atoms with E-state index in [2.05, 4.69) is 24.9 Å². The van der Waals surface area contributed by atoms with E-state index in [1.807, 2.05) is 6.92 Å². The number of methoxy groups -OCH3 is 2. The summed E-state index contributed by atoms with van der Waals surface area (Å²) in [6, 6.07) is 5.35. The zero-order valence-electron chi connectivity index (χ0n) is 21.0. The van der Waals surface area contributed by atoms with Crippen LogP contribution in [-0.4, -0.2) is 58.0 Å². The molecule has 0 radical (unpaired) electrons. The minimum atomic E-state index is -3.91. The van der Waals surface area contributed by atoms with Gasteiger partial charge in [-0.3, -0.25) is 9.29 Å². The third-order valence-corrected chi connectivity index (χ3v) is 8.85. The highest BCUT2D eigenvalue weighted by atomic mass is 35.5. The van der Waals surface area contributed by atoms with Gasteiger partial charge in [0.2, 0.25) is 16.0 Å². The van der Waals surface area contributed by atoms with Crippen molar-refractivity contribution in [3.05, 3.63) is 47.8 Å². The minimum absolute atomic E-state index is 0.0541. The molecule has 0 aliphatic heterocycles. The Morgan fingerprint density at radius 3 is 2.28 bits per heavy atom. The number of ether oxygens (including phenoxy) is 2. The Kier molecular flexibility index (Phi) is 7.70. The Balaban J connectivity index is 1.72. The van der Waals surface area contributed by atoms with Crippen molar-refractivity contribution in [2.75, 3.05) is 18.9 Å². The number of rotatable bonds is 10. The van der Waals surface area contributed by atoms with Crippen molar-refractivity contribution in [3.8, 4) is 17.2 Å². The Morgan fingerprint density at radius 2 is 1.72 bits per heavy atom. The molecule has 10 nitrogen and oxygen atoms in total. The van der Waals surface area contributed by atoms with Gasteiger partial charge in [-0.1, -0.05) is 13.0 Å². The van der Waals surface area contributed by atoms with Crippen LogP contribution in [0.2, 0.25) is 0 Å². The molecule has 1 fully saturated rings. The van der Waals surface area contributed by atoms with Crippen molar-refractivity contribution in [1.82, 2.24) is 24.7 Å². The molecule has 194 valence electrons. The van der Waals surface area contributed by atoms with Crippen LogP contribution in [0.1, 0.15) is 49.8 Å². The highest BCUT2D eigenvalue weighted by Crippen LogP contribution is 2.39. The number of para-hydroxylation sites is 1. The van der Waals surface area contributed by atoms with Crippen LogP contribution in [0.3, 0.4) is 0 Å². The molecule has 0 amide bonds. The van der Waals surface area contributed by atoms with E-state index in [9.17, 15) is 8.42 Å². The first-order valence-corrected chi connectivity index (χ1v) is 13.7. The Morgan fingerprint density at radius 1 is 1.11 bits per heavy atom. The molecule has 2 heterocycles. The number of aryl methyl sites for hydroxylation is 1. The standard InChI is InChI=1S/C24H31ClN6O4S/c1-14-12-26-23(27-13-14)15(2)16(3)36(32,33)30-24-29-28-21(11-17-9-18(25)10-17)31(24)22-19(34-4)7-6-8-20(22)35-5/h6-8,12-13,15-18H,9-11H2,1-5H3,(H,29,30)/t15-,16-,17-,18-/m0/s1. The summed E-state index contributed by atoms with van der Waals surface area (Å²) in [6.07, 6.45) is 5.66. The Labute approximate surface area is 216 Å². The van der Waals surface area contributed by atoms with Gasteiger partial charge in [-0.2, -0.15) is 0 Å². The van der Waals surface area contributed by atoms with Gasteiger partial charge >= 0.3 is 0 Å². The second-order valence-corrected chi connectivity index (χ2v) is 11.8. The topological polar surface area (TPSA) is 121 Å². The Bertz CT molecular complexity index is 1290. The molecular formula is C24H31ClN6O4S. The Hall–Kier alpha value is -2.92. The van der Waals surface area contributed by atoms with Crippen molar-refractivity contribution in [3.63, 3.8) is 0 Å². The fraction of sp³-hybridized carbons (Fsp3) is 0.500. The summed E-state index contributed by atoms with van der Waals surface area (Å²) < 4.78 is 42.5. The summed E-state index contributed by atoms with van der Waals surface area (Å²) in [5, 5.41) is 7.89. The lowest BCUT2D eigenvalue weighted by atomic mass is 9.82. The van der Waals surface area contributed by atoms with Gasteiger partial charge in [0.05, 0.1) is 19.5 Å². The number of benzene rings is 1. The average Bonchev–Trinajstić information content (AvgIpc) is 3.22. The highest BCUT2D eigenvalue weighted by Gasteiger charge is 2.34. The van der Waals surface area contributed by atoms with Crippen molar-refractivity contribution in [2.24, 2.45) is 5.92 Å². The fourth-order valence-corrected chi connectivity index (χ4v) is 5.95. The van der Waals surface area contributed by atoms with Crippen LogP contribution in [-0.2, 0) is 16.4 Å². The van der Waals surface area contributed by atoms with E-state index in [-0.39, 0.29) is 11.3 Å². The lowest BCUT2D eigenvalue weighted by molar-refractivity contribution is 0.315. The van der Waals surface area contributed by atoms with E-state index in [0.717, 1.165) is 18.4 Å². The molecule has 0 bridgehead atoms. The normalized spacial score (nSPS) is 19.3. The maximum absolute atomic E-state index is 13.5. The second-order valence-electron chi connectivity index (χ2n) is 9.18. The van der Waals surface area contributed by atoms with Gasteiger partial charge in [0.1, 0.15) is 28.8 Å². The first-order chi connectivity index (χ1) is 17.1. The van der Waals surface area contributed by atoms with E-state index in [1.54, 1.807) is 63.2 Å². The quantitative estimate of drug-likeness (QED) is 0.389. The summed E-state index contributed by atoms with van der Waals surface area (Å²) in [6.45, 7) is 5.28. The molecule has 1 saturated carbocycles. The van der Waals surface area contributed by atoms with Crippen LogP contribution < -0.4 is 14.2 Å². The van der Waals surface area contributed by atoms with Gasteiger partial charge < -0.3 is 9.47 Å². The maximum Gasteiger partial charge on any atom is 0.243 e. The predicted octanol–water partition coefficient (Wildman–Crippen LogP) is 3.88. The summed E-state index contributed by atoms with van der Waals surface area (Å²) in [7, 11) is -0.826. The van der Waals surface area contributed by atoms with Crippen LogP contribution >= 0.6 is 11.6 Å². The molecule has 1 N–H and O–H groups in total. The van der Waals surface area contributed by atoms with Crippen molar-refractivity contribution in [2.45, 2.75) is 56.6 Å². The van der Waals surface area contributed by atoms with Crippen LogP contribution in [0, 0.1) is 12.8 Å². The number of alkyl halides is 1.